The van der Waals surface area contributed by atoms with E-state index < -0.39 is 0 Å². The predicted octanol–water partition coefficient (Wildman–Crippen LogP) is 0.932. The molecule has 0 unspecified atom stereocenters. The summed E-state index contributed by atoms with van der Waals surface area (Å²) in [4.78, 5) is 12.6. The summed E-state index contributed by atoms with van der Waals surface area (Å²) < 4.78 is 5.22. The Kier molecular flexibility index (Phi) is 4.95. The van der Waals surface area contributed by atoms with Crippen LogP contribution in [-0.4, -0.2) is 43.6 Å². The van der Waals surface area contributed by atoms with E-state index in [9.17, 15) is 4.79 Å². The maximum absolute atomic E-state index is 10.7. The molecule has 0 spiro atoms. The topological polar surface area (TPSA) is 49.8 Å². The molecule has 4 nitrogen and oxygen atoms in total. The van der Waals surface area contributed by atoms with Gasteiger partial charge in [-0.15, -0.1) is 0 Å². The summed E-state index contributed by atoms with van der Waals surface area (Å²) in [6.07, 6.45) is 0.814. The van der Waals surface area contributed by atoms with Crippen molar-refractivity contribution in [3.63, 3.8) is 0 Å². The molecule has 0 bridgehead atoms. The lowest BCUT2D eigenvalue weighted by Gasteiger charge is -2.17. The van der Waals surface area contributed by atoms with Gasteiger partial charge in [-0.05, 0) is 25.2 Å². The van der Waals surface area contributed by atoms with Crippen LogP contribution in [0.3, 0.4) is 0 Å². The van der Waals surface area contributed by atoms with Crippen LogP contribution in [0.1, 0.15) is 15.9 Å². The second-order valence-electron chi connectivity index (χ2n) is 3.65. The van der Waals surface area contributed by atoms with E-state index in [1.54, 1.807) is 25.3 Å². The molecule has 0 aliphatic heterocycles. The monoisotopic (exact) mass is 223 g/mol. The number of nitrogens with zero attached hydrogens (tertiary/aromatic N) is 1. The molecule has 1 aromatic carbocycles. The zero-order valence-electron chi connectivity index (χ0n) is 9.64. The predicted molar refractivity (Wildman–Crippen MR) is 61.8 cm³/mol. The van der Waals surface area contributed by atoms with Gasteiger partial charge in [0, 0.05) is 24.2 Å². The van der Waals surface area contributed by atoms with Gasteiger partial charge in [0.1, 0.15) is 12.0 Å². The number of carbonyl (C=O) groups excluding carboxylic acids is 1. The molecule has 0 saturated heterocycles. The lowest BCUT2D eigenvalue weighted by atomic mass is 10.1. The summed E-state index contributed by atoms with van der Waals surface area (Å²) in [5.74, 6) is 0.760. The minimum atomic E-state index is 0.117. The molecule has 0 saturated carbocycles. The third-order valence-electron chi connectivity index (χ3n) is 2.36. The SMILES string of the molecule is COc1ccc(C=O)cc1CN(C)CCO. The van der Waals surface area contributed by atoms with E-state index in [0.29, 0.717) is 18.7 Å². The fourth-order valence-electron chi connectivity index (χ4n) is 1.54. The van der Waals surface area contributed by atoms with Crippen molar-refractivity contribution in [2.75, 3.05) is 27.3 Å². The summed E-state index contributed by atoms with van der Waals surface area (Å²) in [5, 5.41) is 8.81. The molecule has 0 amide bonds. The average molecular weight is 223 g/mol. The number of benzene rings is 1. The number of aliphatic hydroxyl groups excluding tert-OH is 1. The summed E-state index contributed by atoms with van der Waals surface area (Å²) in [6, 6.07) is 5.31. The maximum atomic E-state index is 10.7. The van der Waals surface area contributed by atoms with Gasteiger partial charge in [-0.25, -0.2) is 0 Å². The van der Waals surface area contributed by atoms with Gasteiger partial charge in [0.2, 0.25) is 0 Å². The Hall–Kier alpha value is -1.39. The lowest BCUT2D eigenvalue weighted by molar-refractivity contribution is 0.112. The standard InChI is InChI=1S/C12H17NO3/c1-13(5-6-14)8-11-7-10(9-15)3-4-12(11)16-2/h3-4,7,9,14H,5-6,8H2,1-2H3. The van der Waals surface area contributed by atoms with Crippen molar-refractivity contribution in [1.82, 2.24) is 4.90 Å². The number of ether oxygens (including phenoxy) is 1. The molecule has 4 heteroatoms. The van der Waals surface area contributed by atoms with Crippen molar-refractivity contribution in [3.8, 4) is 5.75 Å². The number of likely N-dealkylation sites (N-methyl/N-ethyl adjacent to an activating group) is 1. The van der Waals surface area contributed by atoms with E-state index in [1.807, 2.05) is 11.9 Å². The van der Waals surface area contributed by atoms with Crippen LogP contribution >= 0.6 is 0 Å². The molecule has 16 heavy (non-hydrogen) atoms. The van der Waals surface area contributed by atoms with Gasteiger partial charge < -0.3 is 9.84 Å². The van der Waals surface area contributed by atoms with Crippen LogP contribution in [0.25, 0.3) is 0 Å². The first-order valence-electron chi connectivity index (χ1n) is 5.12. The molecule has 0 fully saturated rings. The third-order valence-corrected chi connectivity index (χ3v) is 2.36. The van der Waals surface area contributed by atoms with E-state index in [2.05, 4.69) is 0 Å². The Morgan fingerprint density at radius 3 is 2.81 bits per heavy atom. The van der Waals surface area contributed by atoms with E-state index in [4.69, 9.17) is 9.84 Å². The average Bonchev–Trinajstić information content (AvgIpc) is 2.29. The van der Waals surface area contributed by atoms with Crippen LogP contribution < -0.4 is 4.74 Å². The fourth-order valence-corrected chi connectivity index (χ4v) is 1.54. The highest BCUT2D eigenvalue weighted by Gasteiger charge is 2.07. The molecule has 1 rings (SSSR count). The highest BCUT2D eigenvalue weighted by atomic mass is 16.5. The molecular weight excluding hydrogens is 206 g/mol. The molecule has 0 aliphatic carbocycles. The van der Waals surface area contributed by atoms with Crippen LogP contribution in [0.15, 0.2) is 18.2 Å². The number of rotatable bonds is 6. The van der Waals surface area contributed by atoms with Crippen molar-refractivity contribution < 1.29 is 14.6 Å². The zero-order valence-corrected chi connectivity index (χ0v) is 9.64. The van der Waals surface area contributed by atoms with Crippen LogP contribution in [0.5, 0.6) is 5.75 Å². The quantitative estimate of drug-likeness (QED) is 0.729. The van der Waals surface area contributed by atoms with Gasteiger partial charge in [-0.2, -0.15) is 0 Å². The normalized spacial score (nSPS) is 10.5. The first-order chi connectivity index (χ1) is 7.71. The molecular formula is C12H17NO3. The van der Waals surface area contributed by atoms with Crippen molar-refractivity contribution in [3.05, 3.63) is 29.3 Å². The van der Waals surface area contributed by atoms with Crippen molar-refractivity contribution in [2.24, 2.45) is 0 Å². The highest BCUT2D eigenvalue weighted by molar-refractivity contribution is 5.75. The molecule has 88 valence electrons. The molecule has 0 aromatic heterocycles. The van der Waals surface area contributed by atoms with Crippen LogP contribution in [-0.2, 0) is 6.54 Å². The minimum absolute atomic E-state index is 0.117. The number of aldehydes is 1. The molecule has 1 N–H and O–H groups in total. The molecule has 1 aromatic rings. The molecule has 0 heterocycles. The first-order valence-corrected chi connectivity index (χ1v) is 5.12. The van der Waals surface area contributed by atoms with Gasteiger partial charge in [0.25, 0.3) is 0 Å². The fraction of sp³-hybridized carbons (Fsp3) is 0.417. The van der Waals surface area contributed by atoms with E-state index in [0.717, 1.165) is 17.6 Å². The summed E-state index contributed by atoms with van der Waals surface area (Å²) >= 11 is 0. The van der Waals surface area contributed by atoms with Crippen LogP contribution in [0.4, 0.5) is 0 Å². The minimum Gasteiger partial charge on any atom is -0.496 e. The van der Waals surface area contributed by atoms with E-state index in [-0.39, 0.29) is 6.61 Å². The summed E-state index contributed by atoms with van der Waals surface area (Å²) in [5.41, 5.74) is 1.58. The first kappa shape index (κ1) is 12.7. The number of hydrogen-bond donors (Lipinski definition) is 1. The zero-order chi connectivity index (χ0) is 12.0. The Bertz CT molecular complexity index is 352. The van der Waals surface area contributed by atoms with Gasteiger partial charge in [0.15, 0.2) is 0 Å². The maximum Gasteiger partial charge on any atom is 0.150 e. The second kappa shape index (κ2) is 6.25. The number of carbonyl (C=O) groups is 1. The Morgan fingerprint density at radius 2 is 2.25 bits per heavy atom. The van der Waals surface area contributed by atoms with Crippen molar-refractivity contribution >= 4 is 6.29 Å². The Balaban J connectivity index is 2.86. The number of methoxy groups -OCH3 is 1. The largest absolute Gasteiger partial charge is 0.496 e. The lowest BCUT2D eigenvalue weighted by Crippen LogP contribution is -2.21. The molecule has 0 radical (unpaired) electrons. The van der Waals surface area contributed by atoms with E-state index >= 15 is 0 Å². The second-order valence-corrected chi connectivity index (χ2v) is 3.65. The van der Waals surface area contributed by atoms with Crippen LogP contribution in [0.2, 0.25) is 0 Å². The highest BCUT2D eigenvalue weighted by Crippen LogP contribution is 2.20. The van der Waals surface area contributed by atoms with Crippen molar-refractivity contribution in [1.29, 1.82) is 0 Å². The van der Waals surface area contributed by atoms with Gasteiger partial charge >= 0.3 is 0 Å². The number of aliphatic hydroxyl groups is 1. The van der Waals surface area contributed by atoms with Crippen molar-refractivity contribution in [2.45, 2.75) is 6.54 Å². The number of hydrogen-bond acceptors (Lipinski definition) is 4. The Morgan fingerprint density at radius 1 is 1.50 bits per heavy atom. The Labute approximate surface area is 95.5 Å². The summed E-state index contributed by atoms with van der Waals surface area (Å²) in [6.45, 7) is 1.35. The smallest absolute Gasteiger partial charge is 0.150 e. The van der Waals surface area contributed by atoms with Crippen LogP contribution in [0, 0.1) is 0 Å². The van der Waals surface area contributed by atoms with Gasteiger partial charge in [-0.3, -0.25) is 9.69 Å². The molecule has 0 atom stereocenters. The van der Waals surface area contributed by atoms with E-state index in [1.165, 1.54) is 0 Å². The van der Waals surface area contributed by atoms with Gasteiger partial charge in [0.05, 0.1) is 13.7 Å². The summed E-state index contributed by atoms with van der Waals surface area (Å²) in [7, 11) is 3.51. The third kappa shape index (κ3) is 3.32. The van der Waals surface area contributed by atoms with Gasteiger partial charge in [-0.1, -0.05) is 0 Å². The molecule has 0 aliphatic rings.